The third-order valence-corrected chi connectivity index (χ3v) is 2.21. The molecule has 0 aromatic rings. The minimum absolute atomic E-state index is 0.271. The molecule has 0 atom stereocenters. The van der Waals surface area contributed by atoms with Gasteiger partial charge in [0, 0.05) is 12.8 Å². The van der Waals surface area contributed by atoms with Crippen molar-refractivity contribution in [1.29, 1.82) is 0 Å². The van der Waals surface area contributed by atoms with Crippen LogP contribution in [0.15, 0.2) is 0 Å². The molecule has 0 radical (unpaired) electrons. The van der Waals surface area contributed by atoms with Crippen LogP contribution in [0.4, 0.5) is 0 Å². The summed E-state index contributed by atoms with van der Waals surface area (Å²) in [6, 6.07) is 0. The van der Waals surface area contributed by atoms with E-state index in [1.54, 1.807) is 0 Å². The predicted molar refractivity (Wildman–Crippen MR) is 46.3 cm³/mol. The summed E-state index contributed by atoms with van der Waals surface area (Å²) in [7, 11) is 0. The van der Waals surface area contributed by atoms with Crippen molar-refractivity contribution in [3.63, 3.8) is 0 Å². The maximum atomic E-state index is 5.37. The number of alkyl halides is 2. The van der Waals surface area contributed by atoms with Gasteiger partial charge in [0.15, 0.2) is 5.79 Å². The summed E-state index contributed by atoms with van der Waals surface area (Å²) >= 11 is 6.42. The fourth-order valence-corrected chi connectivity index (χ4v) is 1.83. The Morgan fingerprint density at radius 2 is 1.60 bits per heavy atom. The Morgan fingerprint density at radius 1 is 1.10 bits per heavy atom. The molecule has 60 valence electrons. The van der Waals surface area contributed by atoms with Crippen LogP contribution in [-0.4, -0.2) is 16.8 Å². The lowest BCUT2D eigenvalue weighted by atomic mass is 9.91. The zero-order chi connectivity index (χ0) is 7.45. The van der Waals surface area contributed by atoms with Crippen LogP contribution in [0.3, 0.4) is 0 Å². The predicted octanol–water partition coefficient (Wildman–Crippen LogP) is 2.60. The molecular weight excluding hydrogens is 264 g/mol. The van der Waals surface area contributed by atoms with Crippen LogP contribution >= 0.6 is 31.9 Å². The van der Waals surface area contributed by atoms with Crippen molar-refractivity contribution < 1.29 is 9.47 Å². The van der Waals surface area contributed by atoms with Gasteiger partial charge in [-0.15, -0.1) is 0 Å². The van der Waals surface area contributed by atoms with Gasteiger partial charge in [-0.3, -0.25) is 0 Å². The van der Waals surface area contributed by atoms with Crippen molar-refractivity contribution in [2.45, 2.75) is 25.0 Å². The molecule has 0 aromatic heterocycles. The van der Waals surface area contributed by atoms with Crippen LogP contribution < -0.4 is 0 Å². The van der Waals surface area contributed by atoms with Crippen molar-refractivity contribution >= 4 is 31.9 Å². The highest BCUT2D eigenvalue weighted by molar-refractivity contribution is 9.09. The van der Waals surface area contributed by atoms with E-state index in [0.29, 0.717) is 11.0 Å². The first-order chi connectivity index (χ1) is 4.83. The van der Waals surface area contributed by atoms with Gasteiger partial charge in [-0.1, -0.05) is 31.9 Å². The van der Waals surface area contributed by atoms with Gasteiger partial charge < -0.3 is 9.47 Å². The number of rotatable bonds is 4. The third-order valence-electron chi connectivity index (χ3n) is 1.75. The van der Waals surface area contributed by atoms with E-state index in [1.165, 1.54) is 6.42 Å². The first-order valence-corrected chi connectivity index (χ1v) is 5.47. The van der Waals surface area contributed by atoms with Crippen molar-refractivity contribution in [1.82, 2.24) is 0 Å². The Kier molecular flexibility index (Phi) is 3.63. The van der Waals surface area contributed by atoms with Crippen LogP contribution in [0.25, 0.3) is 0 Å². The highest BCUT2D eigenvalue weighted by atomic mass is 79.9. The highest BCUT2D eigenvalue weighted by Crippen LogP contribution is 2.37. The SMILES string of the molecule is BrCOC1(OCBr)CCC1. The van der Waals surface area contributed by atoms with Crippen molar-refractivity contribution in [2.24, 2.45) is 0 Å². The Bertz CT molecular complexity index is 95.9. The summed E-state index contributed by atoms with van der Waals surface area (Å²) in [6.07, 6.45) is 3.24. The Morgan fingerprint density at radius 3 is 1.80 bits per heavy atom. The van der Waals surface area contributed by atoms with Gasteiger partial charge in [-0.2, -0.15) is 0 Å². The first kappa shape index (κ1) is 8.97. The van der Waals surface area contributed by atoms with E-state index in [0.717, 1.165) is 12.8 Å². The molecule has 0 bridgehead atoms. The summed E-state index contributed by atoms with van der Waals surface area (Å²) in [6.45, 7) is 0. The topological polar surface area (TPSA) is 18.5 Å². The number of ether oxygens (including phenoxy) is 2. The molecule has 0 unspecified atom stereocenters. The molecule has 1 rings (SSSR count). The normalized spacial score (nSPS) is 22.2. The molecule has 2 nitrogen and oxygen atoms in total. The largest absolute Gasteiger partial charge is 0.339 e. The van der Waals surface area contributed by atoms with E-state index in [4.69, 9.17) is 9.47 Å². The molecule has 1 aliphatic carbocycles. The van der Waals surface area contributed by atoms with Crippen molar-refractivity contribution in [3.05, 3.63) is 0 Å². The van der Waals surface area contributed by atoms with Crippen LogP contribution in [0.5, 0.6) is 0 Å². The molecule has 4 heteroatoms. The van der Waals surface area contributed by atoms with Crippen LogP contribution in [0.2, 0.25) is 0 Å². The zero-order valence-electron chi connectivity index (χ0n) is 5.61. The molecule has 1 saturated carbocycles. The second-order valence-corrected chi connectivity index (χ2v) is 3.19. The summed E-state index contributed by atoms with van der Waals surface area (Å²) in [5.41, 5.74) is 1.11. The van der Waals surface area contributed by atoms with E-state index in [9.17, 15) is 0 Å². The first-order valence-electron chi connectivity index (χ1n) is 3.23. The maximum Gasteiger partial charge on any atom is 0.170 e. The van der Waals surface area contributed by atoms with Crippen LogP contribution in [0.1, 0.15) is 19.3 Å². The molecule has 10 heavy (non-hydrogen) atoms. The monoisotopic (exact) mass is 272 g/mol. The Labute approximate surface area is 77.5 Å². The molecule has 0 N–H and O–H groups in total. The average molecular weight is 274 g/mol. The van der Waals surface area contributed by atoms with Crippen molar-refractivity contribution in [2.75, 3.05) is 11.0 Å². The highest BCUT2D eigenvalue weighted by Gasteiger charge is 2.38. The summed E-state index contributed by atoms with van der Waals surface area (Å²) in [5.74, 6) is -0.271. The molecule has 0 spiro atoms. The smallest absolute Gasteiger partial charge is 0.170 e. The molecule has 0 heterocycles. The third kappa shape index (κ3) is 1.94. The minimum atomic E-state index is -0.271. The number of halogens is 2. The van der Waals surface area contributed by atoms with Gasteiger partial charge in [0.2, 0.25) is 0 Å². The Hall–Kier alpha value is 0.880. The summed E-state index contributed by atoms with van der Waals surface area (Å²) < 4.78 is 10.7. The molecule has 1 aliphatic rings. The van der Waals surface area contributed by atoms with E-state index in [-0.39, 0.29) is 5.79 Å². The van der Waals surface area contributed by atoms with Gasteiger partial charge >= 0.3 is 0 Å². The molecule has 0 aromatic carbocycles. The second-order valence-electron chi connectivity index (χ2n) is 2.27. The van der Waals surface area contributed by atoms with E-state index in [1.807, 2.05) is 0 Å². The summed E-state index contributed by atoms with van der Waals surface area (Å²) in [4.78, 5) is 0. The lowest BCUT2D eigenvalue weighted by Gasteiger charge is -2.39. The van der Waals surface area contributed by atoms with Crippen LogP contribution in [-0.2, 0) is 9.47 Å². The maximum absolute atomic E-state index is 5.37. The standard InChI is InChI=1S/C6H10Br2O2/c7-4-9-6(10-5-8)2-1-3-6/h1-5H2. The van der Waals surface area contributed by atoms with E-state index < -0.39 is 0 Å². The fraction of sp³-hybridized carbons (Fsp3) is 1.00. The van der Waals surface area contributed by atoms with Gasteiger partial charge in [-0.25, -0.2) is 0 Å². The molecule has 1 fully saturated rings. The summed E-state index contributed by atoms with van der Waals surface area (Å²) in [5, 5.41) is 0. The average Bonchev–Trinajstić information content (AvgIpc) is 1.84. The quantitative estimate of drug-likeness (QED) is 0.579. The van der Waals surface area contributed by atoms with Crippen LogP contribution in [0, 0.1) is 0 Å². The lowest BCUT2D eigenvalue weighted by Crippen LogP contribution is -2.42. The van der Waals surface area contributed by atoms with E-state index >= 15 is 0 Å². The van der Waals surface area contributed by atoms with Gasteiger partial charge in [0.25, 0.3) is 0 Å². The second kappa shape index (κ2) is 4.04. The Balaban J connectivity index is 2.27. The molecule has 0 amide bonds. The van der Waals surface area contributed by atoms with Gasteiger partial charge in [-0.05, 0) is 6.42 Å². The number of hydrogen-bond donors (Lipinski definition) is 0. The van der Waals surface area contributed by atoms with Gasteiger partial charge in [0.05, 0.1) is 0 Å². The molecular formula is C6H10Br2O2. The zero-order valence-corrected chi connectivity index (χ0v) is 8.78. The molecule has 0 aliphatic heterocycles. The molecule has 0 saturated heterocycles. The lowest BCUT2D eigenvalue weighted by molar-refractivity contribution is -0.256. The fourth-order valence-electron chi connectivity index (χ4n) is 0.995. The van der Waals surface area contributed by atoms with Crippen molar-refractivity contribution in [3.8, 4) is 0 Å². The van der Waals surface area contributed by atoms with Gasteiger partial charge in [0.1, 0.15) is 11.0 Å². The minimum Gasteiger partial charge on any atom is -0.339 e. The number of hydrogen-bond acceptors (Lipinski definition) is 2. The van der Waals surface area contributed by atoms with E-state index in [2.05, 4.69) is 31.9 Å².